The molecule has 0 aromatic carbocycles. The van der Waals surface area contributed by atoms with Crippen LogP contribution in [0.4, 0.5) is 0 Å². The topological polar surface area (TPSA) is 72.5 Å². The minimum Gasteiger partial charge on any atom is -0.462 e. The van der Waals surface area contributed by atoms with E-state index in [4.69, 9.17) is 4.74 Å². The monoisotopic (exact) mass is 405 g/mol. The fourth-order valence-electron chi connectivity index (χ4n) is 1.83. The number of ether oxygens (including phenoxy) is 1. The molecule has 0 aliphatic heterocycles. The number of ketones is 1. The average molecular weight is 406 g/mol. The molecule has 0 bridgehead atoms. The van der Waals surface area contributed by atoms with Crippen molar-refractivity contribution in [1.82, 2.24) is 5.32 Å². The van der Waals surface area contributed by atoms with Crippen molar-refractivity contribution in [2.75, 3.05) is 5.33 Å². The number of esters is 1. The standard InChI is InChI=1S/C12H23BrO2.C6H9NO2/c1-3-4-5-6-7-8-9-12(10-13)15-11(2)14;1-5(8)3-4-7-6(2)9/h12H,3-10H2,1-2H3;3-4H,1-2H3,(H,7,9)/b;4-3-. The first-order chi connectivity index (χ1) is 11.3. The van der Waals surface area contributed by atoms with Gasteiger partial charge in [-0.05, 0) is 25.8 Å². The average Bonchev–Trinajstić information content (AvgIpc) is 2.49. The van der Waals surface area contributed by atoms with Crippen molar-refractivity contribution >= 4 is 33.6 Å². The Kier molecular flexibility index (Phi) is 19.0. The third-order valence-electron chi connectivity index (χ3n) is 2.99. The van der Waals surface area contributed by atoms with Gasteiger partial charge in [-0.25, -0.2) is 0 Å². The number of halogens is 1. The number of unbranched alkanes of at least 4 members (excludes halogenated alkanes) is 5. The van der Waals surface area contributed by atoms with Gasteiger partial charge in [0.25, 0.3) is 0 Å². The van der Waals surface area contributed by atoms with Crippen LogP contribution in [-0.2, 0) is 19.1 Å². The lowest BCUT2D eigenvalue weighted by Crippen LogP contribution is -2.17. The third-order valence-corrected chi connectivity index (χ3v) is 3.71. The fourth-order valence-corrected chi connectivity index (χ4v) is 2.29. The molecule has 0 saturated heterocycles. The summed E-state index contributed by atoms with van der Waals surface area (Å²) in [4.78, 5) is 31.1. The number of carbonyl (C=O) groups excluding carboxylic acids is 3. The highest BCUT2D eigenvalue weighted by Gasteiger charge is 2.09. The normalized spacial score (nSPS) is 11.4. The van der Waals surface area contributed by atoms with E-state index in [2.05, 4.69) is 28.2 Å². The van der Waals surface area contributed by atoms with E-state index in [1.54, 1.807) is 0 Å². The maximum atomic E-state index is 10.7. The summed E-state index contributed by atoms with van der Waals surface area (Å²) < 4.78 is 5.14. The van der Waals surface area contributed by atoms with Crippen LogP contribution in [0.15, 0.2) is 12.3 Å². The molecule has 5 nitrogen and oxygen atoms in total. The molecule has 140 valence electrons. The lowest BCUT2D eigenvalue weighted by molar-refractivity contribution is -0.145. The molecule has 0 aromatic rings. The van der Waals surface area contributed by atoms with Gasteiger partial charge in [-0.1, -0.05) is 55.0 Å². The largest absolute Gasteiger partial charge is 0.462 e. The molecular weight excluding hydrogens is 374 g/mol. The van der Waals surface area contributed by atoms with Gasteiger partial charge in [0.15, 0.2) is 5.78 Å². The maximum absolute atomic E-state index is 10.7. The van der Waals surface area contributed by atoms with Gasteiger partial charge in [-0.2, -0.15) is 0 Å². The minimum atomic E-state index is -0.176. The highest BCUT2D eigenvalue weighted by Crippen LogP contribution is 2.12. The molecule has 1 atom stereocenters. The smallest absolute Gasteiger partial charge is 0.302 e. The number of nitrogens with one attached hydrogen (secondary N) is 1. The van der Waals surface area contributed by atoms with Gasteiger partial charge in [-0.15, -0.1) is 0 Å². The Balaban J connectivity index is 0. The van der Waals surface area contributed by atoms with Gasteiger partial charge < -0.3 is 10.1 Å². The predicted molar refractivity (Wildman–Crippen MR) is 101 cm³/mol. The van der Waals surface area contributed by atoms with E-state index in [9.17, 15) is 14.4 Å². The van der Waals surface area contributed by atoms with Crippen molar-refractivity contribution in [1.29, 1.82) is 0 Å². The number of hydrogen-bond donors (Lipinski definition) is 1. The molecule has 0 rings (SSSR count). The summed E-state index contributed by atoms with van der Waals surface area (Å²) in [5.74, 6) is -0.429. The summed E-state index contributed by atoms with van der Waals surface area (Å²) in [6, 6.07) is 0. The lowest BCUT2D eigenvalue weighted by Gasteiger charge is -2.13. The molecule has 0 aliphatic rings. The number of amides is 1. The molecule has 0 aromatic heterocycles. The molecule has 0 spiro atoms. The molecule has 0 aliphatic carbocycles. The van der Waals surface area contributed by atoms with E-state index in [1.165, 1.54) is 65.2 Å². The first-order valence-corrected chi connectivity index (χ1v) is 9.63. The van der Waals surface area contributed by atoms with Crippen molar-refractivity contribution in [3.05, 3.63) is 12.3 Å². The molecule has 6 heteroatoms. The molecule has 0 fully saturated rings. The summed E-state index contributed by atoms with van der Waals surface area (Å²) in [5, 5.41) is 3.09. The zero-order valence-corrected chi connectivity index (χ0v) is 17.0. The first kappa shape index (κ1) is 25.1. The van der Waals surface area contributed by atoms with Crippen molar-refractivity contribution < 1.29 is 19.1 Å². The van der Waals surface area contributed by atoms with E-state index < -0.39 is 0 Å². The maximum Gasteiger partial charge on any atom is 0.302 e. The summed E-state index contributed by atoms with van der Waals surface area (Å²) in [6.07, 6.45) is 11.4. The van der Waals surface area contributed by atoms with Crippen LogP contribution in [0.3, 0.4) is 0 Å². The Morgan fingerprint density at radius 1 is 1.04 bits per heavy atom. The van der Waals surface area contributed by atoms with Gasteiger partial charge in [0.1, 0.15) is 6.10 Å². The number of alkyl halides is 1. The van der Waals surface area contributed by atoms with Gasteiger partial charge in [0.2, 0.25) is 5.91 Å². The van der Waals surface area contributed by atoms with Crippen molar-refractivity contribution in [3.63, 3.8) is 0 Å². The van der Waals surface area contributed by atoms with Gasteiger partial charge >= 0.3 is 5.97 Å². The molecule has 0 radical (unpaired) electrons. The second kappa shape index (κ2) is 18.2. The molecule has 0 heterocycles. The number of allylic oxidation sites excluding steroid dienone is 1. The van der Waals surface area contributed by atoms with Crippen LogP contribution in [-0.4, -0.2) is 29.1 Å². The van der Waals surface area contributed by atoms with E-state index in [0.717, 1.165) is 18.2 Å². The summed E-state index contributed by atoms with van der Waals surface area (Å²) >= 11 is 3.36. The van der Waals surface area contributed by atoms with E-state index in [1.807, 2.05) is 0 Å². The van der Waals surface area contributed by atoms with Gasteiger partial charge in [-0.3, -0.25) is 14.4 Å². The van der Waals surface area contributed by atoms with Crippen molar-refractivity contribution in [2.24, 2.45) is 0 Å². The number of carbonyl (C=O) groups is 3. The highest BCUT2D eigenvalue weighted by atomic mass is 79.9. The predicted octanol–water partition coefficient (Wildman–Crippen LogP) is 4.29. The molecule has 24 heavy (non-hydrogen) atoms. The Labute approximate surface area is 154 Å². The van der Waals surface area contributed by atoms with Crippen LogP contribution in [0.5, 0.6) is 0 Å². The quantitative estimate of drug-likeness (QED) is 0.241. The second-order valence-electron chi connectivity index (χ2n) is 5.59. The van der Waals surface area contributed by atoms with Crippen LogP contribution in [0.2, 0.25) is 0 Å². The summed E-state index contributed by atoms with van der Waals surface area (Å²) in [5.41, 5.74) is 0. The lowest BCUT2D eigenvalue weighted by atomic mass is 10.1. The molecule has 0 saturated carbocycles. The zero-order chi connectivity index (χ0) is 18.8. The Morgan fingerprint density at radius 2 is 1.62 bits per heavy atom. The third kappa shape index (κ3) is 23.1. The SMILES string of the molecule is CC(=O)/C=C\NC(C)=O.CCCCCCCCC(CBr)OC(C)=O. The summed E-state index contributed by atoms with van der Waals surface area (Å²) in [7, 11) is 0. The zero-order valence-electron chi connectivity index (χ0n) is 15.4. The minimum absolute atomic E-state index is 0.0636. The van der Waals surface area contributed by atoms with Crippen LogP contribution in [0.1, 0.15) is 72.6 Å². The fraction of sp³-hybridized carbons (Fsp3) is 0.722. The Bertz CT molecular complexity index is 383. The number of rotatable bonds is 11. The first-order valence-electron chi connectivity index (χ1n) is 8.50. The Hall–Kier alpha value is -1.17. The highest BCUT2D eigenvalue weighted by molar-refractivity contribution is 9.09. The molecule has 1 N–H and O–H groups in total. The number of hydrogen-bond acceptors (Lipinski definition) is 4. The van der Waals surface area contributed by atoms with E-state index in [-0.39, 0.29) is 23.8 Å². The molecular formula is C18H32BrNO4. The Morgan fingerprint density at radius 3 is 2.08 bits per heavy atom. The van der Waals surface area contributed by atoms with E-state index >= 15 is 0 Å². The van der Waals surface area contributed by atoms with Crippen molar-refractivity contribution in [2.45, 2.75) is 78.7 Å². The van der Waals surface area contributed by atoms with Gasteiger partial charge in [0.05, 0.1) is 0 Å². The van der Waals surface area contributed by atoms with Crippen LogP contribution in [0.25, 0.3) is 0 Å². The molecule has 1 unspecified atom stereocenters. The van der Waals surface area contributed by atoms with Gasteiger partial charge in [0, 0.05) is 25.4 Å². The van der Waals surface area contributed by atoms with Crippen molar-refractivity contribution in [3.8, 4) is 0 Å². The molecule has 1 amide bonds. The summed E-state index contributed by atoms with van der Waals surface area (Å²) in [6.45, 7) is 6.49. The second-order valence-corrected chi connectivity index (χ2v) is 6.23. The van der Waals surface area contributed by atoms with E-state index in [0.29, 0.717) is 0 Å². The van der Waals surface area contributed by atoms with Crippen LogP contribution in [0, 0.1) is 0 Å². The van der Waals surface area contributed by atoms with Crippen LogP contribution < -0.4 is 5.32 Å². The van der Waals surface area contributed by atoms with Crippen LogP contribution >= 0.6 is 15.9 Å².